The van der Waals surface area contributed by atoms with E-state index in [0.29, 0.717) is 35.7 Å². The van der Waals surface area contributed by atoms with Crippen molar-refractivity contribution in [2.45, 2.75) is 26.0 Å². The lowest BCUT2D eigenvalue weighted by Gasteiger charge is -2.34. The van der Waals surface area contributed by atoms with Crippen molar-refractivity contribution in [3.8, 4) is 5.75 Å². The van der Waals surface area contributed by atoms with E-state index in [0.717, 1.165) is 6.54 Å². The first-order valence-electron chi connectivity index (χ1n) is 10.9. The zero-order valence-corrected chi connectivity index (χ0v) is 19.5. The fourth-order valence-corrected chi connectivity index (χ4v) is 3.83. The Morgan fingerprint density at radius 3 is 2.50 bits per heavy atom. The highest BCUT2D eigenvalue weighted by Crippen LogP contribution is 2.26. The number of anilines is 1. The number of nitrogens with one attached hydrogen (secondary N) is 1. The average molecular weight is 440 g/mol. The molecule has 3 rings (SSSR count). The van der Waals surface area contributed by atoms with Crippen molar-refractivity contribution in [1.82, 2.24) is 9.80 Å². The predicted octanol–water partition coefficient (Wildman–Crippen LogP) is 3.37. The van der Waals surface area contributed by atoms with Gasteiger partial charge in [0, 0.05) is 44.5 Å². The minimum Gasteiger partial charge on any atom is -0.491 e. The Labute approximate surface area is 190 Å². The summed E-state index contributed by atoms with van der Waals surface area (Å²) in [6.07, 6.45) is -0.0941. The van der Waals surface area contributed by atoms with Crippen LogP contribution in [0, 0.1) is 5.92 Å². The van der Waals surface area contributed by atoms with Gasteiger partial charge in [0.1, 0.15) is 12.4 Å². The fourth-order valence-electron chi connectivity index (χ4n) is 3.83. The molecule has 0 saturated carbocycles. The molecule has 0 unspecified atom stereocenters. The number of hydrogen-bond donors (Lipinski definition) is 1. The Balaban J connectivity index is 1.91. The molecule has 1 aliphatic heterocycles. The maximum atomic E-state index is 13.3. The number of hydrogen-bond acceptors (Lipinski definition) is 5. The molecule has 0 bridgehead atoms. The number of carbonyl (C=O) groups excluding carboxylic acids is 2. The van der Waals surface area contributed by atoms with Crippen LogP contribution in [0.4, 0.5) is 5.69 Å². The largest absolute Gasteiger partial charge is 0.491 e. The Hall–Kier alpha value is -2.90. The van der Waals surface area contributed by atoms with Crippen LogP contribution in [0.15, 0.2) is 48.5 Å². The molecule has 0 aliphatic carbocycles. The summed E-state index contributed by atoms with van der Waals surface area (Å²) in [4.78, 5) is 29.8. The van der Waals surface area contributed by atoms with E-state index < -0.39 is 0 Å². The predicted molar refractivity (Wildman–Crippen MR) is 125 cm³/mol. The number of fused-ring (bicyclic) bond motifs is 1. The van der Waals surface area contributed by atoms with Crippen molar-refractivity contribution >= 4 is 17.5 Å². The summed E-state index contributed by atoms with van der Waals surface area (Å²) in [6.45, 7) is 5.97. The SMILES string of the molecule is CO[C@H]1CN(C)C(=O)c2cc(NC(=O)c3ccccc3)ccc2OC[C@H](C)N(C)C[C@@H]1C. The maximum absolute atomic E-state index is 13.3. The molecule has 0 aromatic heterocycles. The molecule has 3 atom stereocenters. The lowest BCUT2D eigenvalue weighted by Crippen LogP contribution is -2.45. The average Bonchev–Trinajstić information content (AvgIpc) is 2.80. The topological polar surface area (TPSA) is 71.1 Å². The van der Waals surface area contributed by atoms with Crippen molar-refractivity contribution in [2.75, 3.05) is 46.2 Å². The first-order chi connectivity index (χ1) is 15.3. The summed E-state index contributed by atoms with van der Waals surface area (Å²) in [6, 6.07) is 14.3. The van der Waals surface area contributed by atoms with Gasteiger partial charge < -0.3 is 19.7 Å². The summed E-state index contributed by atoms with van der Waals surface area (Å²) >= 11 is 0. The van der Waals surface area contributed by atoms with Gasteiger partial charge in [-0.25, -0.2) is 0 Å². The monoisotopic (exact) mass is 439 g/mol. The molecule has 0 spiro atoms. The number of likely N-dealkylation sites (N-methyl/N-ethyl adjacent to an activating group) is 2. The molecule has 2 amide bonds. The van der Waals surface area contributed by atoms with Crippen LogP contribution in [0.5, 0.6) is 5.75 Å². The van der Waals surface area contributed by atoms with E-state index in [1.807, 2.05) is 18.2 Å². The van der Waals surface area contributed by atoms with Crippen LogP contribution < -0.4 is 10.1 Å². The van der Waals surface area contributed by atoms with E-state index in [-0.39, 0.29) is 29.9 Å². The normalized spacial score (nSPS) is 22.8. The van der Waals surface area contributed by atoms with Crippen LogP contribution >= 0.6 is 0 Å². The molecule has 172 valence electrons. The zero-order valence-electron chi connectivity index (χ0n) is 19.5. The van der Waals surface area contributed by atoms with E-state index in [9.17, 15) is 9.59 Å². The third-order valence-corrected chi connectivity index (χ3v) is 6.05. The van der Waals surface area contributed by atoms with Gasteiger partial charge in [-0.1, -0.05) is 25.1 Å². The highest BCUT2D eigenvalue weighted by atomic mass is 16.5. The first kappa shape index (κ1) is 23.8. The van der Waals surface area contributed by atoms with Crippen molar-refractivity contribution in [2.24, 2.45) is 5.92 Å². The number of rotatable bonds is 3. The Bertz CT molecular complexity index is 934. The minimum atomic E-state index is -0.232. The summed E-state index contributed by atoms with van der Waals surface area (Å²) in [5.74, 6) is 0.330. The third-order valence-electron chi connectivity index (χ3n) is 6.05. The summed E-state index contributed by atoms with van der Waals surface area (Å²) in [5, 5.41) is 2.87. The molecule has 2 aromatic carbocycles. The fraction of sp³-hybridized carbons (Fsp3) is 0.440. The van der Waals surface area contributed by atoms with Crippen molar-refractivity contribution < 1.29 is 19.1 Å². The Kier molecular flexibility index (Phi) is 7.88. The van der Waals surface area contributed by atoms with Gasteiger partial charge in [-0.15, -0.1) is 0 Å². The lowest BCUT2D eigenvalue weighted by molar-refractivity contribution is 0.0150. The number of ether oxygens (including phenoxy) is 2. The van der Waals surface area contributed by atoms with E-state index in [4.69, 9.17) is 9.47 Å². The second kappa shape index (κ2) is 10.6. The second-order valence-electron chi connectivity index (χ2n) is 8.57. The molecular weight excluding hydrogens is 406 g/mol. The summed E-state index contributed by atoms with van der Waals surface area (Å²) < 4.78 is 11.8. The van der Waals surface area contributed by atoms with Gasteiger partial charge >= 0.3 is 0 Å². The van der Waals surface area contributed by atoms with Crippen molar-refractivity contribution in [3.63, 3.8) is 0 Å². The van der Waals surface area contributed by atoms with Gasteiger partial charge in [-0.05, 0) is 50.2 Å². The molecule has 0 fully saturated rings. The molecule has 0 radical (unpaired) electrons. The highest BCUT2D eigenvalue weighted by Gasteiger charge is 2.27. The van der Waals surface area contributed by atoms with Crippen LogP contribution in [0.2, 0.25) is 0 Å². The molecule has 2 aromatic rings. The van der Waals surface area contributed by atoms with Gasteiger partial charge in [0.2, 0.25) is 0 Å². The molecule has 1 aliphatic rings. The summed E-state index contributed by atoms with van der Waals surface area (Å²) in [5.41, 5.74) is 1.50. The first-order valence-corrected chi connectivity index (χ1v) is 10.9. The maximum Gasteiger partial charge on any atom is 0.257 e. The van der Waals surface area contributed by atoms with Gasteiger partial charge in [-0.2, -0.15) is 0 Å². The summed E-state index contributed by atoms with van der Waals surface area (Å²) in [7, 11) is 5.52. The van der Waals surface area contributed by atoms with Crippen LogP contribution in [-0.2, 0) is 4.74 Å². The molecule has 1 heterocycles. The van der Waals surface area contributed by atoms with Gasteiger partial charge in [0.25, 0.3) is 11.8 Å². The van der Waals surface area contributed by atoms with Crippen LogP contribution in [0.1, 0.15) is 34.6 Å². The zero-order chi connectivity index (χ0) is 23.3. The lowest BCUT2D eigenvalue weighted by atomic mass is 10.0. The van der Waals surface area contributed by atoms with E-state index in [1.165, 1.54) is 0 Å². The highest BCUT2D eigenvalue weighted by molar-refractivity contribution is 6.05. The Morgan fingerprint density at radius 2 is 1.81 bits per heavy atom. The smallest absolute Gasteiger partial charge is 0.257 e. The van der Waals surface area contributed by atoms with Crippen LogP contribution in [0.25, 0.3) is 0 Å². The number of amides is 2. The van der Waals surface area contributed by atoms with Gasteiger partial charge in [-0.3, -0.25) is 14.5 Å². The molecule has 1 N–H and O–H groups in total. The van der Waals surface area contributed by atoms with E-state index in [2.05, 4.69) is 31.1 Å². The minimum absolute atomic E-state index is 0.0941. The van der Waals surface area contributed by atoms with Crippen LogP contribution in [-0.4, -0.2) is 74.7 Å². The van der Waals surface area contributed by atoms with Crippen molar-refractivity contribution in [1.29, 1.82) is 0 Å². The Morgan fingerprint density at radius 1 is 1.09 bits per heavy atom. The molecule has 32 heavy (non-hydrogen) atoms. The standard InChI is InChI=1S/C25H33N3O4/c1-17-14-27(3)18(2)16-32-22-12-11-20(26-24(29)19-9-7-6-8-10-19)13-21(22)25(30)28(4)15-23(17)31-5/h6-13,17-18,23H,14-16H2,1-5H3,(H,26,29)/t17-,18-,23-/m0/s1. The van der Waals surface area contributed by atoms with Gasteiger partial charge in [0.05, 0.1) is 11.7 Å². The van der Waals surface area contributed by atoms with Gasteiger partial charge in [0.15, 0.2) is 0 Å². The molecule has 7 heteroatoms. The third kappa shape index (κ3) is 5.66. The number of benzene rings is 2. The number of nitrogens with zero attached hydrogens (tertiary/aromatic N) is 2. The molecule has 7 nitrogen and oxygen atoms in total. The van der Waals surface area contributed by atoms with Crippen LogP contribution in [0.3, 0.4) is 0 Å². The van der Waals surface area contributed by atoms with Crippen molar-refractivity contribution in [3.05, 3.63) is 59.7 Å². The molecular formula is C25H33N3O4. The van der Waals surface area contributed by atoms with E-state index >= 15 is 0 Å². The number of methoxy groups -OCH3 is 1. The number of carbonyl (C=O) groups is 2. The quantitative estimate of drug-likeness (QED) is 0.794. The second-order valence-corrected chi connectivity index (χ2v) is 8.57. The molecule has 0 saturated heterocycles. The van der Waals surface area contributed by atoms with E-state index in [1.54, 1.807) is 49.4 Å².